The van der Waals surface area contributed by atoms with E-state index in [1.165, 1.54) is 55.2 Å². The Labute approximate surface area is 127 Å². The van der Waals surface area contributed by atoms with Gasteiger partial charge in [-0.25, -0.2) is 0 Å². The van der Waals surface area contributed by atoms with Crippen molar-refractivity contribution in [3.8, 4) is 0 Å². The van der Waals surface area contributed by atoms with Crippen molar-refractivity contribution >= 4 is 0 Å². The first-order valence-corrected chi connectivity index (χ1v) is 8.25. The van der Waals surface area contributed by atoms with Crippen molar-refractivity contribution in [3.05, 3.63) is 47.6 Å². The van der Waals surface area contributed by atoms with Crippen LogP contribution in [0.1, 0.15) is 73.1 Å². The Morgan fingerprint density at radius 1 is 1.05 bits per heavy atom. The molecule has 0 aromatic carbocycles. The lowest BCUT2D eigenvalue weighted by Crippen LogP contribution is -2.07. The van der Waals surface area contributed by atoms with Gasteiger partial charge >= 0.3 is 0 Å². The molecule has 0 rings (SSSR count). The Hall–Kier alpha value is -1.04. The van der Waals surface area contributed by atoms with Crippen LogP contribution in [0.2, 0.25) is 0 Å². The molecular formula is C20H34. The van der Waals surface area contributed by atoms with E-state index in [0.29, 0.717) is 5.92 Å². The number of hydrogen-bond acceptors (Lipinski definition) is 0. The maximum Gasteiger partial charge on any atom is -0.0159 e. The van der Waals surface area contributed by atoms with Crippen LogP contribution < -0.4 is 0 Å². The second-order valence-corrected chi connectivity index (χ2v) is 5.73. The molecule has 1 atom stereocenters. The van der Waals surface area contributed by atoms with Gasteiger partial charge in [0, 0.05) is 0 Å². The van der Waals surface area contributed by atoms with Crippen LogP contribution in [0.25, 0.3) is 0 Å². The number of allylic oxidation sites excluding steroid dienone is 7. The van der Waals surface area contributed by atoms with Gasteiger partial charge < -0.3 is 0 Å². The molecule has 114 valence electrons. The van der Waals surface area contributed by atoms with Crippen molar-refractivity contribution < 1.29 is 0 Å². The molecule has 0 heterocycles. The van der Waals surface area contributed by atoms with Crippen molar-refractivity contribution in [3.63, 3.8) is 0 Å². The van der Waals surface area contributed by atoms with Crippen molar-refractivity contribution in [2.75, 3.05) is 0 Å². The Kier molecular flexibility index (Phi) is 11.1. The van der Waals surface area contributed by atoms with E-state index in [0.717, 1.165) is 0 Å². The summed E-state index contributed by atoms with van der Waals surface area (Å²) in [4.78, 5) is 0. The summed E-state index contributed by atoms with van der Waals surface area (Å²) in [5, 5.41) is 0. The third-order valence-corrected chi connectivity index (χ3v) is 3.79. The number of rotatable bonds is 10. The summed E-state index contributed by atoms with van der Waals surface area (Å²) in [6, 6.07) is 0. The third kappa shape index (κ3) is 6.93. The maximum atomic E-state index is 3.79. The van der Waals surface area contributed by atoms with Crippen LogP contribution in [0.3, 0.4) is 0 Å². The van der Waals surface area contributed by atoms with E-state index in [9.17, 15) is 0 Å². The minimum atomic E-state index is 0.705. The van der Waals surface area contributed by atoms with Gasteiger partial charge in [-0.2, -0.15) is 0 Å². The van der Waals surface area contributed by atoms with E-state index in [4.69, 9.17) is 0 Å². The van der Waals surface area contributed by atoms with Gasteiger partial charge in [-0.05, 0) is 50.7 Å². The molecule has 20 heavy (non-hydrogen) atoms. The van der Waals surface area contributed by atoms with Crippen LogP contribution in [-0.2, 0) is 0 Å². The van der Waals surface area contributed by atoms with Gasteiger partial charge in [0.25, 0.3) is 0 Å². The van der Waals surface area contributed by atoms with Gasteiger partial charge in [-0.3, -0.25) is 0 Å². The van der Waals surface area contributed by atoms with Gasteiger partial charge in [-0.15, -0.1) is 0 Å². The molecule has 0 spiro atoms. The quantitative estimate of drug-likeness (QED) is 0.297. The summed E-state index contributed by atoms with van der Waals surface area (Å²) in [6.45, 7) is 15.0. The fourth-order valence-corrected chi connectivity index (χ4v) is 2.77. The normalized spacial score (nSPS) is 13.6. The van der Waals surface area contributed by atoms with Crippen LogP contribution in [0.15, 0.2) is 47.6 Å². The van der Waals surface area contributed by atoms with Gasteiger partial charge in [0.1, 0.15) is 0 Å². The Bertz CT molecular complexity index is 348. The Morgan fingerprint density at radius 2 is 1.75 bits per heavy atom. The molecule has 0 aromatic rings. The fraction of sp³-hybridized carbons (Fsp3) is 0.600. The summed E-state index contributed by atoms with van der Waals surface area (Å²) in [5.41, 5.74) is 4.33. The highest BCUT2D eigenvalue weighted by Gasteiger charge is 2.15. The van der Waals surface area contributed by atoms with Crippen molar-refractivity contribution in [1.82, 2.24) is 0 Å². The molecule has 0 aromatic heterocycles. The highest BCUT2D eigenvalue weighted by molar-refractivity contribution is 5.44. The zero-order valence-electron chi connectivity index (χ0n) is 14.3. The molecule has 0 bridgehead atoms. The lowest BCUT2D eigenvalue weighted by molar-refractivity contribution is 0.484. The summed E-state index contributed by atoms with van der Waals surface area (Å²) < 4.78 is 0. The van der Waals surface area contributed by atoms with E-state index >= 15 is 0 Å². The van der Waals surface area contributed by atoms with Gasteiger partial charge in [0.15, 0.2) is 0 Å². The first-order chi connectivity index (χ1) is 9.62. The summed E-state index contributed by atoms with van der Waals surface area (Å²) in [7, 11) is 0. The zero-order valence-corrected chi connectivity index (χ0v) is 14.3. The van der Waals surface area contributed by atoms with E-state index in [1.807, 2.05) is 6.08 Å². The zero-order chi connectivity index (χ0) is 15.4. The highest BCUT2D eigenvalue weighted by atomic mass is 14.2. The fourth-order valence-electron chi connectivity index (χ4n) is 2.77. The topological polar surface area (TPSA) is 0 Å². The van der Waals surface area contributed by atoms with Crippen LogP contribution in [0, 0.1) is 5.92 Å². The molecule has 0 aliphatic rings. The SMILES string of the molecule is C=C/C=C\C(=C(C)C)/C(=C\C)C(CCC)CCCCC. The maximum absolute atomic E-state index is 3.79. The monoisotopic (exact) mass is 274 g/mol. The summed E-state index contributed by atoms with van der Waals surface area (Å²) >= 11 is 0. The molecule has 0 nitrogen and oxygen atoms in total. The van der Waals surface area contributed by atoms with Crippen molar-refractivity contribution in [2.24, 2.45) is 5.92 Å². The second-order valence-electron chi connectivity index (χ2n) is 5.73. The lowest BCUT2D eigenvalue weighted by atomic mass is 9.83. The van der Waals surface area contributed by atoms with Crippen LogP contribution in [0.4, 0.5) is 0 Å². The minimum Gasteiger partial charge on any atom is -0.0991 e. The smallest absolute Gasteiger partial charge is 0.0159 e. The minimum absolute atomic E-state index is 0.705. The highest BCUT2D eigenvalue weighted by Crippen LogP contribution is 2.31. The molecule has 0 fully saturated rings. The summed E-state index contributed by atoms with van der Waals surface area (Å²) in [5.74, 6) is 0.705. The molecule has 0 saturated heterocycles. The Balaban J connectivity index is 5.18. The van der Waals surface area contributed by atoms with Gasteiger partial charge in [-0.1, -0.05) is 76.0 Å². The molecular weight excluding hydrogens is 240 g/mol. The molecule has 0 amide bonds. The van der Waals surface area contributed by atoms with Gasteiger partial charge in [0.05, 0.1) is 0 Å². The number of hydrogen-bond donors (Lipinski definition) is 0. The van der Waals surface area contributed by atoms with E-state index in [2.05, 4.69) is 59.4 Å². The molecule has 0 aliphatic heterocycles. The molecule has 0 radical (unpaired) electrons. The van der Waals surface area contributed by atoms with E-state index in [1.54, 1.807) is 0 Å². The largest absolute Gasteiger partial charge is 0.0991 e. The van der Waals surface area contributed by atoms with Crippen LogP contribution in [0.5, 0.6) is 0 Å². The second kappa shape index (κ2) is 11.8. The predicted molar refractivity (Wildman–Crippen MR) is 94.0 cm³/mol. The average molecular weight is 274 g/mol. The van der Waals surface area contributed by atoms with Crippen molar-refractivity contribution in [2.45, 2.75) is 73.1 Å². The molecule has 1 unspecified atom stereocenters. The first-order valence-electron chi connectivity index (χ1n) is 8.25. The summed E-state index contributed by atoms with van der Waals surface area (Å²) in [6.07, 6.45) is 16.3. The first kappa shape index (κ1) is 19.0. The molecule has 0 heteroatoms. The van der Waals surface area contributed by atoms with E-state index < -0.39 is 0 Å². The van der Waals surface area contributed by atoms with Crippen molar-refractivity contribution in [1.29, 1.82) is 0 Å². The molecule has 0 N–H and O–H groups in total. The van der Waals surface area contributed by atoms with Crippen LogP contribution >= 0.6 is 0 Å². The standard InChI is InChI=1S/C20H34/c1-7-11-13-15-18(14-9-3)19(10-4)20(17(5)6)16-12-8-2/h8,10,12,16,18H,2,7,9,11,13-15H2,1,3-6H3/b16-12-,19-10-. The van der Waals surface area contributed by atoms with E-state index in [-0.39, 0.29) is 0 Å². The molecule has 0 aliphatic carbocycles. The predicted octanol–water partition coefficient (Wildman–Crippen LogP) is 7.01. The van der Waals surface area contributed by atoms with Gasteiger partial charge in [0.2, 0.25) is 0 Å². The molecule has 0 saturated carbocycles. The average Bonchev–Trinajstić information content (AvgIpc) is 2.42. The van der Waals surface area contributed by atoms with Crippen LogP contribution in [-0.4, -0.2) is 0 Å². The Morgan fingerprint density at radius 3 is 2.20 bits per heavy atom. The number of unbranched alkanes of at least 4 members (excludes halogenated alkanes) is 2. The third-order valence-electron chi connectivity index (χ3n) is 3.79. The lowest BCUT2D eigenvalue weighted by Gasteiger charge is -2.22.